The zero-order chi connectivity index (χ0) is 24.7. The van der Waals surface area contributed by atoms with Gasteiger partial charge in [-0.2, -0.15) is 0 Å². The summed E-state index contributed by atoms with van der Waals surface area (Å²) >= 11 is 6.16. The van der Waals surface area contributed by atoms with Crippen LogP contribution in [0.1, 0.15) is 40.2 Å². The van der Waals surface area contributed by atoms with Crippen molar-refractivity contribution in [2.24, 2.45) is 5.92 Å². The number of ether oxygens (including phenoxy) is 3. The molecule has 12 nitrogen and oxygen atoms in total. The maximum Gasteiger partial charge on any atom is 0.370 e. The molecule has 0 aromatic carbocycles. The van der Waals surface area contributed by atoms with Crippen molar-refractivity contribution < 1.29 is 37.7 Å². The Morgan fingerprint density at radius 3 is 2.59 bits per heavy atom. The number of halogens is 1. The van der Waals surface area contributed by atoms with Gasteiger partial charge in [0.15, 0.2) is 16.6 Å². The Morgan fingerprint density at radius 1 is 1.26 bits per heavy atom. The van der Waals surface area contributed by atoms with E-state index in [1.165, 1.54) is 6.33 Å². The molecular weight excluding hydrogens is 491 g/mol. The molecule has 1 unspecified atom stereocenters. The lowest BCUT2D eigenvalue weighted by molar-refractivity contribution is -0.165. The number of carboxylic acids is 1. The number of carbonyl (C=O) groups is 1. The van der Waals surface area contributed by atoms with Gasteiger partial charge >= 0.3 is 13.6 Å². The molecule has 1 saturated heterocycles. The molecule has 2 aliphatic rings. The number of hydrogen-bond acceptors (Lipinski definition) is 10. The molecule has 34 heavy (non-hydrogen) atoms. The lowest BCUT2D eigenvalue weighted by Gasteiger charge is -2.26. The summed E-state index contributed by atoms with van der Waals surface area (Å²) in [5.74, 6) is -4.31. The van der Waals surface area contributed by atoms with Crippen molar-refractivity contribution in [1.29, 1.82) is 0 Å². The van der Waals surface area contributed by atoms with Crippen LogP contribution in [0.25, 0.3) is 11.2 Å². The van der Waals surface area contributed by atoms with E-state index in [2.05, 4.69) is 15.0 Å². The average molecular weight is 519 g/mol. The van der Waals surface area contributed by atoms with E-state index in [9.17, 15) is 14.5 Å². The van der Waals surface area contributed by atoms with Gasteiger partial charge in [-0.1, -0.05) is 11.6 Å². The molecule has 0 bridgehead atoms. The largest absolute Gasteiger partial charge is 0.479 e. The lowest BCUT2D eigenvalue weighted by atomic mass is 10.1. The smallest absolute Gasteiger partial charge is 0.370 e. The molecule has 3 heterocycles. The average Bonchev–Trinajstić information content (AvgIpc) is 3.40. The summed E-state index contributed by atoms with van der Waals surface area (Å²) in [4.78, 5) is 24.5. The summed E-state index contributed by atoms with van der Waals surface area (Å²) in [6.07, 6.45) is 2.73. The molecule has 14 heteroatoms. The number of aromatic nitrogens is 4. The van der Waals surface area contributed by atoms with Crippen LogP contribution in [0.5, 0.6) is 0 Å². The number of hydrogen-bond donors (Lipinski definition) is 1. The molecule has 0 amide bonds. The summed E-state index contributed by atoms with van der Waals surface area (Å²) in [5.41, 5.74) is 1.03. The van der Waals surface area contributed by atoms with Gasteiger partial charge in [0.25, 0.3) is 5.85 Å². The van der Waals surface area contributed by atoms with Crippen molar-refractivity contribution in [2.75, 3.05) is 19.8 Å². The van der Waals surface area contributed by atoms with Gasteiger partial charge < -0.3 is 32.9 Å². The normalized spacial score (nSPS) is 27.2. The van der Waals surface area contributed by atoms with E-state index < -0.39 is 31.3 Å². The molecule has 0 radical (unpaired) electrons. The third kappa shape index (κ3) is 4.73. The van der Waals surface area contributed by atoms with E-state index in [-0.39, 0.29) is 43.0 Å². The first-order chi connectivity index (χ1) is 16.1. The van der Waals surface area contributed by atoms with Crippen molar-refractivity contribution in [3.63, 3.8) is 0 Å². The van der Waals surface area contributed by atoms with E-state index >= 15 is 0 Å². The van der Waals surface area contributed by atoms with E-state index in [4.69, 9.17) is 34.9 Å². The summed E-state index contributed by atoms with van der Waals surface area (Å²) in [6, 6.07) is -0.231. The van der Waals surface area contributed by atoms with Crippen LogP contribution in [0.3, 0.4) is 0 Å². The van der Waals surface area contributed by atoms with E-state index in [0.717, 1.165) is 0 Å². The first-order valence-electron chi connectivity index (χ1n) is 11.0. The fourth-order valence-corrected chi connectivity index (χ4v) is 6.38. The fraction of sp³-hybridized carbons (Fsp3) is 0.700. The number of aliphatic carboxylic acids is 1. The zero-order valence-corrected chi connectivity index (χ0v) is 20.9. The third-order valence-corrected chi connectivity index (χ3v) is 8.26. The van der Waals surface area contributed by atoms with Crippen LogP contribution in [0.2, 0.25) is 5.15 Å². The lowest BCUT2D eigenvalue weighted by Crippen LogP contribution is -2.32. The Hall–Kier alpha value is -1.66. The van der Waals surface area contributed by atoms with Crippen molar-refractivity contribution in [2.45, 2.75) is 64.0 Å². The Balaban J connectivity index is 1.59. The monoisotopic (exact) mass is 518 g/mol. The molecule has 5 atom stereocenters. The number of rotatable bonds is 10. The maximum absolute atomic E-state index is 13.1. The van der Waals surface area contributed by atoms with Crippen LogP contribution in [0, 0.1) is 5.92 Å². The molecule has 188 valence electrons. The standard InChI is InChI=1S/C20H28ClN4O8P/c1-5-30-34(28,31-6-2)19(18(26)27)29-8-11-7-12(15-14(11)32-20(3,4)33-15)25-10-24-13-16(21)22-9-23-17(13)25/h9-12,14-15,19H,5-8H2,1-4H3,(H,26,27)/t11-,12-,14-,15+,19?/m1/s1. The third-order valence-electron chi connectivity index (χ3n) is 5.81. The van der Waals surface area contributed by atoms with Gasteiger partial charge in [-0.05, 0) is 34.1 Å². The molecule has 0 spiro atoms. The van der Waals surface area contributed by atoms with Gasteiger partial charge in [0.05, 0.1) is 38.3 Å². The number of fused-ring (bicyclic) bond motifs is 2. The maximum atomic E-state index is 13.1. The highest BCUT2D eigenvalue weighted by atomic mass is 35.5. The van der Waals surface area contributed by atoms with Crippen LogP contribution < -0.4 is 0 Å². The highest BCUT2D eigenvalue weighted by molar-refractivity contribution is 7.55. The second-order valence-corrected chi connectivity index (χ2v) is 10.9. The Morgan fingerprint density at radius 2 is 1.94 bits per heavy atom. The minimum absolute atomic E-state index is 0.0177. The second-order valence-electron chi connectivity index (χ2n) is 8.52. The van der Waals surface area contributed by atoms with E-state index in [1.54, 1.807) is 20.2 Å². The Kier molecular flexibility index (Phi) is 7.31. The molecule has 2 aromatic heterocycles. The van der Waals surface area contributed by atoms with Gasteiger partial charge in [0.2, 0.25) is 0 Å². The van der Waals surface area contributed by atoms with Gasteiger partial charge in [-0.25, -0.2) is 19.7 Å². The summed E-state index contributed by atoms with van der Waals surface area (Å²) in [6.45, 7) is 6.81. The first-order valence-corrected chi connectivity index (χ1v) is 13.0. The highest BCUT2D eigenvalue weighted by Gasteiger charge is 2.55. The number of nitrogens with zero attached hydrogens (tertiary/aromatic N) is 4. The molecule has 1 aliphatic heterocycles. The molecular formula is C20H28ClN4O8P. The van der Waals surface area contributed by atoms with Crippen LogP contribution in [-0.2, 0) is 32.6 Å². The number of carboxylic acid groups (broad SMARTS) is 1. The topological polar surface area (TPSA) is 144 Å². The summed E-state index contributed by atoms with van der Waals surface area (Å²) in [5, 5.41) is 9.95. The van der Waals surface area contributed by atoms with Crippen LogP contribution in [-0.4, -0.2) is 74.3 Å². The summed E-state index contributed by atoms with van der Waals surface area (Å²) < 4.78 is 43.4. The zero-order valence-electron chi connectivity index (χ0n) is 19.3. The van der Waals surface area contributed by atoms with Crippen LogP contribution >= 0.6 is 19.2 Å². The van der Waals surface area contributed by atoms with Gasteiger partial charge in [0, 0.05) is 5.92 Å². The van der Waals surface area contributed by atoms with Crippen molar-refractivity contribution >= 4 is 36.3 Å². The molecule has 1 N–H and O–H groups in total. The van der Waals surface area contributed by atoms with Crippen molar-refractivity contribution in [1.82, 2.24) is 19.5 Å². The molecule has 2 fully saturated rings. The predicted octanol–water partition coefficient (Wildman–Crippen LogP) is 3.25. The highest BCUT2D eigenvalue weighted by Crippen LogP contribution is 2.54. The summed E-state index contributed by atoms with van der Waals surface area (Å²) in [7, 11) is -4.04. The second kappa shape index (κ2) is 9.77. The molecule has 4 rings (SSSR count). The Labute approximate surface area is 201 Å². The first kappa shape index (κ1) is 25.4. The number of imidazole rings is 1. The van der Waals surface area contributed by atoms with E-state index in [1.807, 2.05) is 18.4 Å². The van der Waals surface area contributed by atoms with Crippen molar-refractivity contribution in [3.8, 4) is 0 Å². The van der Waals surface area contributed by atoms with Crippen molar-refractivity contribution in [3.05, 3.63) is 17.8 Å². The Bertz CT molecular complexity index is 1090. The van der Waals surface area contributed by atoms with Crippen LogP contribution in [0.15, 0.2) is 12.7 Å². The SMILES string of the molecule is CCOP(=O)(OCC)C(OC[C@H]1C[C@@H](n2cnc3c(Cl)ncnc32)[C@@H]2OC(C)(C)O[C@H]12)C(=O)O. The van der Waals surface area contributed by atoms with Gasteiger partial charge in [-0.15, -0.1) is 0 Å². The molecule has 1 saturated carbocycles. The molecule has 2 aromatic rings. The fourth-order valence-electron chi connectivity index (χ4n) is 4.60. The predicted molar refractivity (Wildman–Crippen MR) is 120 cm³/mol. The van der Waals surface area contributed by atoms with Gasteiger partial charge in [0.1, 0.15) is 17.9 Å². The minimum atomic E-state index is -4.04. The minimum Gasteiger partial charge on any atom is -0.479 e. The quantitative estimate of drug-likeness (QED) is 0.365. The molecule has 1 aliphatic carbocycles. The van der Waals surface area contributed by atoms with E-state index in [0.29, 0.717) is 17.6 Å². The van der Waals surface area contributed by atoms with Gasteiger partial charge in [-0.3, -0.25) is 4.57 Å². The van der Waals surface area contributed by atoms with Crippen LogP contribution in [0.4, 0.5) is 0 Å².